The van der Waals surface area contributed by atoms with E-state index in [-0.39, 0.29) is 11.0 Å². The Morgan fingerprint density at radius 2 is 2.45 bits per heavy atom. The summed E-state index contributed by atoms with van der Waals surface area (Å²) in [6, 6.07) is 1.59. The molecule has 11 heavy (non-hydrogen) atoms. The molecule has 0 aliphatic carbocycles. The van der Waals surface area contributed by atoms with Gasteiger partial charge in [-0.15, -0.1) is 0 Å². The van der Waals surface area contributed by atoms with Gasteiger partial charge in [-0.3, -0.25) is 0 Å². The molecule has 5 nitrogen and oxygen atoms in total. The summed E-state index contributed by atoms with van der Waals surface area (Å²) in [7, 11) is 0. The molecule has 0 bridgehead atoms. The maximum absolute atomic E-state index is 10.9. The van der Waals surface area contributed by atoms with Crippen molar-refractivity contribution < 1.29 is 0 Å². The molecule has 0 aliphatic rings. The molecule has 0 fully saturated rings. The van der Waals surface area contributed by atoms with Crippen molar-refractivity contribution in [1.29, 1.82) is 0 Å². The van der Waals surface area contributed by atoms with E-state index >= 15 is 0 Å². The zero-order chi connectivity index (χ0) is 7.84. The molecule has 2 rings (SSSR count). The Hall–Kier alpha value is -1.36. The molecule has 0 aromatic carbocycles. The molecule has 0 saturated carbocycles. The molecule has 2 aromatic heterocycles. The van der Waals surface area contributed by atoms with Crippen LogP contribution in [0.2, 0.25) is 5.28 Å². The zero-order valence-electron chi connectivity index (χ0n) is 5.28. The van der Waals surface area contributed by atoms with Crippen LogP contribution in [0.5, 0.6) is 0 Å². The van der Waals surface area contributed by atoms with Crippen LogP contribution >= 0.6 is 11.6 Å². The lowest BCUT2D eigenvalue weighted by Crippen LogP contribution is -2.10. The summed E-state index contributed by atoms with van der Waals surface area (Å²) in [6.07, 6.45) is 1.48. The molecular formula is C5H3ClN4O. The molecule has 0 atom stereocenters. The first-order chi connectivity index (χ1) is 5.29. The lowest BCUT2D eigenvalue weighted by molar-refractivity contribution is 0.997. The molecule has 2 aromatic rings. The fraction of sp³-hybridized carbons (Fsp3) is 0. The van der Waals surface area contributed by atoms with Crippen LogP contribution in [0.3, 0.4) is 0 Å². The van der Waals surface area contributed by atoms with Crippen LogP contribution in [0.15, 0.2) is 17.1 Å². The van der Waals surface area contributed by atoms with Crippen LogP contribution in [-0.2, 0) is 0 Å². The Kier molecular flexibility index (Phi) is 1.19. The Morgan fingerprint density at radius 3 is 3.18 bits per heavy atom. The van der Waals surface area contributed by atoms with Gasteiger partial charge in [-0.25, -0.2) is 19.3 Å². The summed E-state index contributed by atoms with van der Waals surface area (Å²) in [6.45, 7) is 0. The highest BCUT2D eigenvalue weighted by molar-refractivity contribution is 6.28. The van der Waals surface area contributed by atoms with E-state index in [1.165, 1.54) is 10.6 Å². The summed E-state index contributed by atoms with van der Waals surface area (Å²) in [5, 5.41) is 6.04. The summed E-state index contributed by atoms with van der Waals surface area (Å²) >= 11 is 5.60. The molecule has 0 spiro atoms. The van der Waals surface area contributed by atoms with Crippen molar-refractivity contribution in [2.75, 3.05) is 0 Å². The number of hydrogen-bond donors (Lipinski definition) is 1. The Morgan fingerprint density at radius 1 is 1.64 bits per heavy atom. The number of rotatable bonds is 0. The van der Waals surface area contributed by atoms with Crippen molar-refractivity contribution in [2.45, 2.75) is 0 Å². The van der Waals surface area contributed by atoms with E-state index in [4.69, 9.17) is 11.6 Å². The van der Waals surface area contributed by atoms with Crippen LogP contribution in [-0.4, -0.2) is 19.6 Å². The van der Waals surface area contributed by atoms with Gasteiger partial charge in [0.2, 0.25) is 5.28 Å². The van der Waals surface area contributed by atoms with Crippen LogP contribution in [0, 0.1) is 0 Å². The fourth-order valence-corrected chi connectivity index (χ4v) is 1.04. The predicted octanol–water partition coefficient (Wildman–Crippen LogP) is 0.0710. The molecule has 0 aliphatic heterocycles. The van der Waals surface area contributed by atoms with E-state index in [0.717, 1.165) is 0 Å². The van der Waals surface area contributed by atoms with Crippen molar-refractivity contribution in [1.82, 2.24) is 19.6 Å². The smallest absolute Gasteiger partial charge is 0.246 e. The third-order valence-corrected chi connectivity index (χ3v) is 1.55. The lowest BCUT2D eigenvalue weighted by Gasteiger charge is -1.89. The number of aromatic amines is 1. The van der Waals surface area contributed by atoms with Gasteiger partial charge >= 0.3 is 5.69 Å². The molecule has 1 N–H and O–H groups in total. The highest BCUT2D eigenvalue weighted by Crippen LogP contribution is 2.02. The van der Waals surface area contributed by atoms with E-state index in [1.807, 2.05) is 0 Å². The van der Waals surface area contributed by atoms with Gasteiger partial charge in [-0.2, -0.15) is 5.10 Å². The highest BCUT2D eigenvalue weighted by Gasteiger charge is 2.02. The van der Waals surface area contributed by atoms with Crippen molar-refractivity contribution in [3.8, 4) is 0 Å². The average molecular weight is 171 g/mol. The minimum Gasteiger partial charge on any atom is -0.246 e. The van der Waals surface area contributed by atoms with Gasteiger partial charge in [0, 0.05) is 12.3 Å². The standard InChI is InChI=1S/C5H3ClN4O/c6-4-7-2-1-3-8-9-5(11)10(3)4/h1-2H,(H,9,11). The minimum atomic E-state index is -0.377. The summed E-state index contributed by atoms with van der Waals surface area (Å²) in [5.41, 5.74) is 0.0908. The van der Waals surface area contributed by atoms with Crippen LogP contribution in [0.25, 0.3) is 5.65 Å². The van der Waals surface area contributed by atoms with E-state index in [9.17, 15) is 4.79 Å². The highest BCUT2D eigenvalue weighted by atomic mass is 35.5. The second-order valence-corrected chi connectivity index (χ2v) is 2.27. The number of hydrogen-bond acceptors (Lipinski definition) is 3. The average Bonchev–Trinajstić information content (AvgIpc) is 2.34. The largest absolute Gasteiger partial charge is 0.350 e. The fourth-order valence-electron chi connectivity index (χ4n) is 0.822. The molecule has 0 radical (unpaired) electrons. The molecule has 0 saturated heterocycles. The Balaban J connectivity index is 3.08. The quantitative estimate of drug-likeness (QED) is 0.569. The van der Waals surface area contributed by atoms with Gasteiger partial charge in [0.25, 0.3) is 0 Å². The van der Waals surface area contributed by atoms with E-state index in [1.54, 1.807) is 6.07 Å². The molecule has 0 amide bonds. The number of aromatic nitrogens is 4. The number of H-pyrrole nitrogens is 1. The zero-order valence-corrected chi connectivity index (χ0v) is 6.04. The second kappa shape index (κ2) is 2.06. The summed E-state index contributed by atoms with van der Waals surface area (Å²) in [4.78, 5) is 14.6. The molecule has 2 heterocycles. The first kappa shape index (κ1) is 6.36. The second-order valence-electron chi connectivity index (χ2n) is 1.94. The van der Waals surface area contributed by atoms with Gasteiger partial charge in [0.1, 0.15) is 0 Å². The monoisotopic (exact) mass is 170 g/mol. The first-order valence-electron chi connectivity index (χ1n) is 2.86. The molecule has 56 valence electrons. The van der Waals surface area contributed by atoms with E-state index in [0.29, 0.717) is 5.65 Å². The molecule has 0 unspecified atom stereocenters. The topological polar surface area (TPSA) is 63.0 Å². The summed E-state index contributed by atoms with van der Waals surface area (Å²) < 4.78 is 1.18. The maximum atomic E-state index is 10.9. The number of halogens is 1. The number of nitrogens with zero attached hydrogens (tertiary/aromatic N) is 3. The van der Waals surface area contributed by atoms with Gasteiger partial charge in [0.15, 0.2) is 5.65 Å². The third-order valence-electron chi connectivity index (χ3n) is 1.29. The normalized spacial score (nSPS) is 10.6. The van der Waals surface area contributed by atoms with Gasteiger partial charge in [-0.05, 0) is 11.6 Å². The van der Waals surface area contributed by atoms with Crippen LogP contribution in [0.1, 0.15) is 0 Å². The van der Waals surface area contributed by atoms with Crippen molar-refractivity contribution in [2.24, 2.45) is 0 Å². The Labute approximate surface area is 65.6 Å². The van der Waals surface area contributed by atoms with Gasteiger partial charge in [-0.1, -0.05) is 0 Å². The maximum Gasteiger partial charge on any atom is 0.350 e. The first-order valence-corrected chi connectivity index (χ1v) is 3.24. The van der Waals surface area contributed by atoms with E-state index in [2.05, 4.69) is 15.2 Å². The summed E-state index contributed by atoms with van der Waals surface area (Å²) in [5.74, 6) is 0. The Bertz CT molecular complexity index is 445. The number of fused-ring (bicyclic) bond motifs is 1. The molecular weight excluding hydrogens is 168 g/mol. The van der Waals surface area contributed by atoms with Crippen LogP contribution < -0.4 is 5.69 Å². The van der Waals surface area contributed by atoms with E-state index < -0.39 is 0 Å². The van der Waals surface area contributed by atoms with Gasteiger partial charge < -0.3 is 0 Å². The third kappa shape index (κ3) is 0.813. The number of nitrogens with one attached hydrogen (secondary N) is 1. The van der Waals surface area contributed by atoms with Gasteiger partial charge in [0.05, 0.1) is 0 Å². The van der Waals surface area contributed by atoms with Crippen molar-refractivity contribution >= 4 is 17.2 Å². The minimum absolute atomic E-state index is 0.112. The van der Waals surface area contributed by atoms with Crippen molar-refractivity contribution in [3.63, 3.8) is 0 Å². The van der Waals surface area contributed by atoms with Crippen molar-refractivity contribution in [3.05, 3.63) is 28.0 Å². The predicted molar refractivity (Wildman–Crippen MR) is 38.6 cm³/mol. The van der Waals surface area contributed by atoms with Crippen LogP contribution in [0.4, 0.5) is 0 Å². The SMILES string of the molecule is O=c1[nH]nc2ccnc(Cl)n12. The molecule has 6 heteroatoms. The lowest BCUT2D eigenvalue weighted by atomic mass is 10.6.